The number of benzene rings is 2. The maximum absolute atomic E-state index is 13.8. The molecule has 2 amide bonds. The van der Waals surface area contributed by atoms with Crippen LogP contribution in [0.15, 0.2) is 60.4 Å². The average Bonchev–Trinajstić information content (AvgIpc) is 3.38. The number of aryl methyl sites for hydroxylation is 1. The van der Waals surface area contributed by atoms with Gasteiger partial charge in [-0.1, -0.05) is 31.2 Å². The molecule has 0 bridgehead atoms. The molecule has 1 aliphatic carbocycles. The summed E-state index contributed by atoms with van der Waals surface area (Å²) in [7, 11) is 0. The first-order valence-electron chi connectivity index (χ1n) is 12.2. The van der Waals surface area contributed by atoms with Gasteiger partial charge in [-0.05, 0) is 54.8 Å². The van der Waals surface area contributed by atoms with Gasteiger partial charge in [0.25, 0.3) is 5.91 Å². The fraction of sp³-hybridized carbons (Fsp3) is 0.321. The Morgan fingerprint density at radius 3 is 2.49 bits per heavy atom. The summed E-state index contributed by atoms with van der Waals surface area (Å²) in [4.78, 5) is 27.3. The molecule has 3 aromatic rings. The van der Waals surface area contributed by atoms with Crippen LogP contribution < -0.4 is 5.32 Å². The molecule has 0 saturated carbocycles. The number of hydrogen-bond acceptors (Lipinski definition) is 3. The number of fused-ring (bicyclic) bond motifs is 1. The predicted molar refractivity (Wildman–Crippen MR) is 132 cm³/mol. The van der Waals surface area contributed by atoms with E-state index in [0.717, 1.165) is 33.8 Å². The second-order valence-electron chi connectivity index (χ2n) is 9.85. The molecular weight excluding hydrogens is 481 g/mol. The number of hydrogen-bond donors (Lipinski definition) is 1. The van der Waals surface area contributed by atoms with Crippen molar-refractivity contribution in [1.82, 2.24) is 20.0 Å². The van der Waals surface area contributed by atoms with Crippen molar-refractivity contribution in [2.75, 3.05) is 0 Å². The highest BCUT2D eigenvalue weighted by atomic mass is 19.3. The minimum atomic E-state index is -3.56. The first-order chi connectivity index (χ1) is 17.5. The number of aromatic nitrogens is 2. The molecule has 2 aliphatic rings. The maximum atomic E-state index is 13.8. The zero-order valence-corrected chi connectivity index (χ0v) is 20.7. The SMILES string of the molecule is Cc1ccccc1[C@@H]1[C@@H](NC(=O)C(C)(F)F)CC(=O)N1C1=Cc2cnn(-c3ccc(F)cc3)c2CC1C. The zero-order chi connectivity index (χ0) is 26.5. The lowest BCUT2D eigenvalue weighted by atomic mass is 9.89. The predicted octanol–water partition coefficient (Wildman–Crippen LogP) is 4.97. The molecule has 1 aliphatic heterocycles. The molecule has 1 fully saturated rings. The Morgan fingerprint density at radius 2 is 1.81 bits per heavy atom. The summed E-state index contributed by atoms with van der Waals surface area (Å²) < 4.78 is 42.7. The van der Waals surface area contributed by atoms with E-state index < -0.39 is 23.9 Å². The van der Waals surface area contributed by atoms with Gasteiger partial charge in [-0.3, -0.25) is 9.59 Å². The van der Waals surface area contributed by atoms with Crippen molar-refractivity contribution in [2.45, 2.75) is 51.6 Å². The van der Waals surface area contributed by atoms with Gasteiger partial charge < -0.3 is 10.2 Å². The summed E-state index contributed by atoms with van der Waals surface area (Å²) in [6, 6.07) is 12.1. The molecule has 2 heterocycles. The van der Waals surface area contributed by atoms with Crippen molar-refractivity contribution in [3.63, 3.8) is 0 Å². The van der Waals surface area contributed by atoms with E-state index in [1.54, 1.807) is 27.9 Å². The van der Waals surface area contributed by atoms with Crippen LogP contribution in [0.3, 0.4) is 0 Å². The van der Waals surface area contributed by atoms with Crippen LogP contribution in [0.5, 0.6) is 0 Å². The number of allylic oxidation sites excluding steroid dienone is 1. The molecule has 6 nitrogen and oxygen atoms in total. The second kappa shape index (κ2) is 9.21. The van der Waals surface area contributed by atoms with E-state index in [-0.39, 0.29) is 24.1 Å². The van der Waals surface area contributed by atoms with E-state index in [1.807, 2.05) is 44.2 Å². The smallest absolute Gasteiger partial charge is 0.321 e. The van der Waals surface area contributed by atoms with Crippen molar-refractivity contribution < 1.29 is 22.8 Å². The van der Waals surface area contributed by atoms with Gasteiger partial charge in [-0.15, -0.1) is 0 Å². The largest absolute Gasteiger partial charge is 0.345 e. The molecule has 1 N–H and O–H groups in total. The van der Waals surface area contributed by atoms with E-state index in [1.165, 1.54) is 12.1 Å². The van der Waals surface area contributed by atoms with Crippen molar-refractivity contribution in [2.24, 2.45) is 5.92 Å². The third-order valence-corrected chi connectivity index (χ3v) is 7.10. The van der Waals surface area contributed by atoms with Gasteiger partial charge in [0.05, 0.1) is 29.7 Å². The fourth-order valence-corrected chi connectivity index (χ4v) is 5.26. The molecule has 9 heteroatoms. The van der Waals surface area contributed by atoms with Gasteiger partial charge in [0.1, 0.15) is 5.82 Å². The zero-order valence-electron chi connectivity index (χ0n) is 20.7. The number of carbonyl (C=O) groups excluding carboxylic acids is 2. The van der Waals surface area contributed by atoms with Crippen LogP contribution in [0.2, 0.25) is 0 Å². The lowest BCUT2D eigenvalue weighted by molar-refractivity contribution is -0.144. The average molecular weight is 509 g/mol. The highest BCUT2D eigenvalue weighted by Crippen LogP contribution is 2.43. The number of nitrogens with one attached hydrogen (secondary N) is 1. The van der Waals surface area contributed by atoms with Crippen LogP contribution in [0.4, 0.5) is 13.2 Å². The number of carbonyl (C=O) groups is 2. The Bertz CT molecular complexity index is 1390. The maximum Gasteiger partial charge on any atom is 0.321 e. The number of nitrogens with zero attached hydrogens (tertiary/aromatic N) is 3. The molecule has 1 unspecified atom stereocenters. The molecule has 0 spiro atoms. The summed E-state index contributed by atoms with van der Waals surface area (Å²) in [5, 5.41) is 6.92. The Morgan fingerprint density at radius 1 is 1.11 bits per heavy atom. The van der Waals surface area contributed by atoms with E-state index in [4.69, 9.17) is 0 Å². The van der Waals surface area contributed by atoms with Crippen LogP contribution in [0, 0.1) is 18.7 Å². The van der Waals surface area contributed by atoms with E-state index in [0.29, 0.717) is 13.3 Å². The normalized spacial score (nSPS) is 21.6. The minimum absolute atomic E-state index is 0.0907. The van der Waals surface area contributed by atoms with Crippen LogP contribution in [0.1, 0.15) is 48.7 Å². The summed E-state index contributed by atoms with van der Waals surface area (Å²) in [5.74, 6) is -5.66. The third kappa shape index (κ3) is 4.54. The van der Waals surface area contributed by atoms with Gasteiger partial charge in [-0.25, -0.2) is 9.07 Å². The molecule has 1 aromatic heterocycles. The number of amides is 2. The molecule has 1 saturated heterocycles. The summed E-state index contributed by atoms with van der Waals surface area (Å²) >= 11 is 0. The molecule has 0 radical (unpaired) electrons. The Kier molecular flexibility index (Phi) is 6.17. The molecule has 3 atom stereocenters. The van der Waals surface area contributed by atoms with Crippen molar-refractivity contribution in [3.8, 4) is 5.69 Å². The lowest BCUT2D eigenvalue weighted by Crippen LogP contribution is -2.46. The molecule has 37 heavy (non-hydrogen) atoms. The number of rotatable bonds is 5. The van der Waals surface area contributed by atoms with Crippen molar-refractivity contribution >= 4 is 17.9 Å². The highest BCUT2D eigenvalue weighted by molar-refractivity contribution is 5.87. The quantitative estimate of drug-likeness (QED) is 0.530. The van der Waals surface area contributed by atoms with Crippen molar-refractivity contribution in [3.05, 3.63) is 88.6 Å². The number of alkyl halides is 2. The van der Waals surface area contributed by atoms with Crippen molar-refractivity contribution in [1.29, 1.82) is 0 Å². The summed E-state index contributed by atoms with van der Waals surface area (Å²) in [6.45, 7) is 4.43. The first-order valence-corrected chi connectivity index (χ1v) is 12.2. The van der Waals surface area contributed by atoms with Gasteiger partial charge in [-0.2, -0.15) is 13.9 Å². The molecule has 192 valence electrons. The topological polar surface area (TPSA) is 67.2 Å². The molecular formula is C28H27F3N4O2. The van der Waals surface area contributed by atoms with Gasteiger partial charge >= 0.3 is 5.92 Å². The second-order valence-corrected chi connectivity index (χ2v) is 9.85. The summed E-state index contributed by atoms with van der Waals surface area (Å²) in [6.07, 6.45) is 4.07. The van der Waals surface area contributed by atoms with E-state index >= 15 is 0 Å². The lowest BCUT2D eigenvalue weighted by Gasteiger charge is -2.36. The minimum Gasteiger partial charge on any atom is -0.345 e. The number of likely N-dealkylation sites (tertiary alicyclic amines) is 1. The van der Waals surface area contributed by atoms with E-state index in [2.05, 4.69) is 10.4 Å². The summed E-state index contributed by atoms with van der Waals surface area (Å²) in [5.41, 5.74) is 4.90. The van der Waals surface area contributed by atoms with Gasteiger partial charge in [0.15, 0.2) is 0 Å². The van der Waals surface area contributed by atoms with E-state index in [9.17, 15) is 22.8 Å². The monoisotopic (exact) mass is 508 g/mol. The van der Waals surface area contributed by atoms with Gasteiger partial charge in [0.2, 0.25) is 5.91 Å². The first kappa shape index (κ1) is 24.8. The highest BCUT2D eigenvalue weighted by Gasteiger charge is 2.47. The van der Waals surface area contributed by atoms with Crippen LogP contribution in [-0.4, -0.2) is 38.5 Å². The van der Waals surface area contributed by atoms with Crippen LogP contribution in [-0.2, 0) is 16.0 Å². The standard InChI is InChI=1S/C28H27F3N4O2/c1-16-6-4-5-7-21(16)26-22(33-27(37)28(3,30)31)14-25(36)34(26)23-13-18-15-32-35(24(18)12-17(23)2)20-10-8-19(29)9-11-20/h4-11,13,15,17,22,26H,12,14H2,1-3H3,(H,33,37)/t17?,22-,26+/m0/s1. The van der Waals surface area contributed by atoms with Gasteiger partial charge in [0, 0.05) is 30.5 Å². The Labute approximate surface area is 212 Å². The fourth-order valence-electron chi connectivity index (χ4n) is 5.26. The molecule has 2 aromatic carbocycles. The molecule has 5 rings (SSSR count). The Hall–Kier alpha value is -3.88. The van der Waals surface area contributed by atoms with Crippen LogP contribution in [0.25, 0.3) is 11.8 Å². The Balaban J connectivity index is 1.56. The van der Waals surface area contributed by atoms with Crippen LogP contribution >= 0.6 is 0 Å². The number of halogens is 3. The third-order valence-electron chi connectivity index (χ3n) is 7.10.